The third-order valence-corrected chi connectivity index (χ3v) is 4.76. The van der Waals surface area contributed by atoms with E-state index >= 15 is 0 Å². The molecular weight excluding hydrogens is 372 g/mol. The van der Waals surface area contributed by atoms with Gasteiger partial charge in [-0.25, -0.2) is 4.99 Å². The lowest BCUT2D eigenvalue weighted by atomic mass is 10.2. The summed E-state index contributed by atoms with van der Waals surface area (Å²) in [5, 5.41) is 1.03. The van der Waals surface area contributed by atoms with E-state index in [2.05, 4.69) is 4.99 Å². The zero-order valence-electron chi connectivity index (χ0n) is 14.5. The summed E-state index contributed by atoms with van der Waals surface area (Å²) in [6.45, 7) is 0. The van der Waals surface area contributed by atoms with Gasteiger partial charge >= 0.3 is 0 Å². The van der Waals surface area contributed by atoms with Crippen LogP contribution in [0.15, 0.2) is 53.2 Å². The predicted octanol–water partition coefficient (Wildman–Crippen LogP) is 4.46. The lowest BCUT2D eigenvalue weighted by Gasteiger charge is -2.17. The Labute approximate surface area is 161 Å². The lowest BCUT2D eigenvalue weighted by Crippen LogP contribution is -2.30. The molecule has 1 aliphatic heterocycles. The minimum Gasteiger partial charge on any atom is -0.497 e. The molecule has 3 rings (SSSR count). The van der Waals surface area contributed by atoms with Crippen molar-refractivity contribution in [2.75, 3.05) is 25.4 Å². The third kappa shape index (κ3) is 3.57. The van der Waals surface area contributed by atoms with E-state index in [1.807, 2.05) is 30.5 Å². The SMILES string of the molecule is COc1ccc(C=C2N=C(SC)N(c3ccc(OC)c(Cl)c3)C2=O)cc1. The number of benzene rings is 2. The summed E-state index contributed by atoms with van der Waals surface area (Å²) in [5.41, 5.74) is 1.88. The molecule has 2 aromatic rings. The minimum absolute atomic E-state index is 0.202. The standard InChI is InChI=1S/C19H17ClN2O3S/c1-24-14-7-4-12(5-8-14)10-16-18(23)22(19(21-16)26-3)13-6-9-17(25-2)15(20)11-13/h4-11H,1-3H3. The number of hydrogen-bond acceptors (Lipinski definition) is 5. The number of amides is 1. The molecule has 5 nitrogen and oxygen atoms in total. The van der Waals surface area contributed by atoms with Crippen molar-refractivity contribution >= 4 is 46.2 Å². The second-order valence-corrected chi connectivity index (χ2v) is 6.54. The molecule has 0 fully saturated rings. The zero-order chi connectivity index (χ0) is 18.7. The van der Waals surface area contributed by atoms with E-state index in [0.29, 0.717) is 27.3 Å². The van der Waals surface area contributed by atoms with Crippen LogP contribution < -0.4 is 14.4 Å². The molecule has 1 aliphatic rings. The van der Waals surface area contributed by atoms with Gasteiger partial charge in [-0.1, -0.05) is 35.5 Å². The molecule has 0 atom stereocenters. The topological polar surface area (TPSA) is 51.1 Å². The highest BCUT2D eigenvalue weighted by Crippen LogP contribution is 2.33. The normalized spacial score (nSPS) is 15.4. The Hall–Kier alpha value is -2.44. The summed E-state index contributed by atoms with van der Waals surface area (Å²) < 4.78 is 10.3. The number of thioether (sulfide) groups is 1. The molecule has 0 saturated carbocycles. The van der Waals surface area contributed by atoms with Gasteiger partial charge in [-0.2, -0.15) is 0 Å². The van der Waals surface area contributed by atoms with Crippen LogP contribution in [0.2, 0.25) is 5.02 Å². The van der Waals surface area contributed by atoms with E-state index in [1.165, 1.54) is 11.8 Å². The molecule has 0 aromatic heterocycles. The Morgan fingerprint density at radius 1 is 1.12 bits per heavy atom. The lowest BCUT2D eigenvalue weighted by molar-refractivity contribution is -0.113. The molecule has 0 spiro atoms. The number of carbonyl (C=O) groups excluding carboxylic acids is 1. The number of methoxy groups -OCH3 is 2. The number of rotatable bonds is 4. The number of halogens is 1. The van der Waals surface area contributed by atoms with Gasteiger partial charge < -0.3 is 9.47 Å². The highest BCUT2D eigenvalue weighted by Gasteiger charge is 2.31. The molecule has 2 aromatic carbocycles. The number of anilines is 1. The largest absolute Gasteiger partial charge is 0.497 e. The smallest absolute Gasteiger partial charge is 0.283 e. The number of aliphatic imine (C=N–C) groups is 1. The summed E-state index contributed by atoms with van der Waals surface area (Å²) in [4.78, 5) is 18.9. The van der Waals surface area contributed by atoms with Crippen LogP contribution in [0.4, 0.5) is 5.69 Å². The average Bonchev–Trinajstić information content (AvgIpc) is 2.98. The summed E-state index contributed by atoms with van der Waals surface area (Å²) in [6.07, 6.45) is 3.63. The van der Waals surface area contributed by atoms with Crippen molar-refractivity contribution in [3.63, 3.8) is 0 Å². The number of amidine groups is 1. The van der Waals surface area contributed by atoms with Crippen molar-refractivity contribution in [2.45, 2.75) is 0 Å². The molecule has 0 aliphatic carbocycles. The number of hydrogen-bond donors (Lipinski definition) is 0. The number of ether oxygens (including phenoxy) is 2. The van der Waals surface area contributed by atoms with Crippen LogP contribution >= 0.6 is 23.4 Å². The first kappa shape index (κ1) is 18.4. The highest BCUT2D eigenvalue weighted by molar-refractivity contribution is 8.13. The fourth-order valence-electron chi connectivity index (χ4n) is 2.51. The summed E-state index contributed by atoms with van der Waals surface area (Å²) in [7, 11) is 3.16. The fraction of sp³-hybridized carbons (Fsp3) is 0.158. The van der Waals surface area contributed by atoms with Gasteiger partial charge in [-0.05, 0) is 48.2 Å². The van der Waals surface area contributed by atoms with Crippen LogP contribution in [-0.4, -0.2) is 31.6 Å². The fourth-order valence-corrected chi connectivity index (χ4v) is 3.33. The van der Waals surface area contributed by atoms with Gasteiger partial charge in [0.05, 0.1) is 24.9 Å². The van der Waals surface area contributed by atoms with Crippen LogP contribution in [0.25, 0.3) is 6.08 Å². The first-order valence-corrected chi connectivity index (χ1v) is 9.34. The predicted molar refractivity (Wildman–Crippen MR) is 107 cm³/mol. The van der Waals surface area contributed by atoms with Crippen molar-refractivity contribution in [3.05, 3.63) is 58.7 Å². The molecule has 0 bridgehead atoms. The molecule has 0 unspecified atom stereocenters. The third-order valence-electron chi connectivity index (χ3n) is 3.82. The maximum Gasteiger partial charge on any atom is 0.283 e. The van der Waals surface area contributed by atoms with E-state index in [0.717, 1.165) is 11.3 Å². The van der Waals surface area contributed by atoms with Gasteiger partial charge in [-0.3, -0.25) is 9.69 Å². The molecular formula is C19H17ClN2O3S. The van der Waals surface area contributed by atoms with Crippen LogP contribution in [-0.2, 0) is 4.79 Å². The van der Waals surface area contributed by atoms with Crippen LogP contribution in [0.5, 0.6) is 11.5 Å². The Balaban J connectivity index is 1.94. The van der Waals surface area contributed by atoms with E-state index < -0.39 is 0 Å². The summed E-state index contributed by atoms with van der Waals surface area (Å²) in [5.74, 6) is 1.11. The second kappa shape index (κ2) is 7.85. The van der Waals surface area contributed by atoms with Gasteiger partial charge in [0.1, 0.15) is 17.2 Å². The molecule has 0 saturated heterocycles. The Kier molecular flexibility index (Phi) is 5.54. The van der Waals surface area contributed by atoms with E-state index in [4.69, 9.17) is 21.1 Å². The molecule has 26 heavy (non-hydrogen) atoms. The van der Waals surface area contributed by atoms with Gasteiger partial charge in [-0.15, -0.1) is 0 Å². The molecule has 134 valence electrons. The number of carbonyl (C=O) groups is 1. The van der Waals surface area contributed by atoms with E-state index in [-0.39, 0.29) is 5.91 Å². The van der Waals surface area contributed by atoms with Gasteiger partial charge in [0.2, 0.25) is 0 Å². The minimum atomic E-state index is -0.202. The maximum absolute atomic E-state index is 12.9. The average molecular weight is 389 g/mol. The van der Waals surface area contributed by atoms with Crippen molar-refractivity contribution in [3.8, 4) is 11.5 Å². The quantitative estimate of drug-likeness (QED) is 0.725. The molecule has 1 heterocycles. The van der Waals surface area contributed by atoms with Crippen LogP contribution in [0, 0.1) is 0 Å². The van der Waals surface area contributed by atoms with Crippen LogP contribution in [0.1, 0.15) is 5.56 Å². The van der Waals surface area contributed by atoms with Gasteiger partial charge in [0, 0.05) is 0 Å². The number of nitrogens with zero attached hydrogens (tertiary/aromatic N) is 2. The first-order chi connectivity index (χ1) is 12.6. The Morgan fingerprint density at radius 2 is 1.85 bits per heavy atom. The van der Waals surface area contributed by atoms with Crippen molar-refractivity contribution in [1.29, 1.82) is 0 Å². The highest BCUT2D eigenvalue weighted by atomic mass is 35.5. The van der Waals surface area contributed by atoms with E-state index in [9.17, 15) is 4.79 Å². The van der Waals surface area contributed by atoms with E-state index in [1.54, 1.807) is 43.4 Å². The molecule has 1 amide bonds. The molecule has 7 heteroatoms. The monoisotopic (exact) mass is 388 g/mol. The summed E-state index contributed by atoms with van der Waals surface area (Å²) in [6, 6.07) is 12.6. The molecule has 0 radical (unpaired) electrons. The Morgan fingerprint density at radius 3 is 2.42 bits per heavy atom. The van der Waals surface area contributed by atoms with Gasteiger partial charge in [0.15, 0.2) is 5.17 Å². The first-order valence-electron chi connectivity index (χ1n) is 7.74. The Bertz CT molecular complexity index is 894. The van der Waals surface area contributed by atoms with Crippen molar-refractivity contribution in [1.82, 2.24) is 0 Å². The van der Waals surface area contributed by atoms with Crippen LogP contribution in [0.3, 0.4) is 0 Å². The molecule has 0 N–H and O–H groups in total. The summed E-state index contributed by atoms with van der Waals surface area (Å²) >= 11 is 7.60. The zero-order valence-corrected chi connectivity index (χ0v) is 16.1. The van der Waals surface area contributed by atoms with Crippen molar-refractivity contribution < 1.29 is 14.3 Å². The van der Waals surface area contributed by atoms with Crippen molar-refractivity contribution in [2.24, 2.45) is 4.99 Å². The maximum atomic E-state index is 12.9. The second-order valence-electron chi connectivity index (χ2n) is 5.36. The van der Waals surface area contributed by atoms with Gasteiger partial charge in [0.25, 0.3) is 5.91 Å².